The number of hydrogen-bond donors (Lipinski definition) is 0. The van der Waals surface area contributed by atoms with Gasteiger partial charge in [-0.3, -0.25) is 9.78 Å². The second kappa shape index (κ2) is 7.00. The summed E-state index contributed by atoms with van der Waals surface area (Å²) in [5.74, 6) is 0.825. The number of nitrogens with zero attached hydrogens (tertiary/aromatic N) is 3. The Balaban J connectivity index is 1.68. The zero-order chi connectivity index (χ0) is 17.9. The molecule has 0 saturated heterocycles. The molecule has 0 spiro atoms. The Morgan fingerprint density at radius 2 is 2.08 bits per heavy atom. The van der Waals surface area contributed by atoms with Gasteiger partial charge >= 0.3 is 0 Å². The summed E-state index contributed by atoms with van der Waals surface area (Å²) in [5.41, 5.74) is 3.16. The van der Waals surface area contributed by atoms with Crippen molar-refractivity contribution >= 4 is 11.6 Å². The van der Waals surface area contributed by atoms with Crippen LogP contribution in [0.4, 0.5) is 5.69 Å². The molecule has 3 heterocycles. The highest BCUT2D eigenvalue weighted by molar-refractivity contribution is 6.05. The molecule has 6 nitrogen and oxygen atoms in total. The van der Waals surface area contributed by atoms with E-state index in [4.69, 9.17) is 9.26 Å². The number of aromatic nitrogens is 2. The molecule has 0 aliphatic carbocycles. The van der Waals surface area contributed by atoms with Crippen molar-refractivity contribution < 1.29 is 14.1 Å². The van der Waals surface area contributed by atoms with E-state index in [0.29, 0.717) is 17.9 Å². The van der Waals surface area contributed by atoms with E-state index in [2.05, 4.69) is 10.1 Å². The Labute approximate surface area is 151 Å². The van der Waals surface area contributed by atoms with Crippen LogP contribution in [0.25, 0.3) is 11.4 Å². The summed E-state index contributed by atoms with van der Waals surface area (Å²) >= 11 is 0. The van der Waals surface area contributed by atoms with Crippen LogP contribution in [0.1, 0.15) is 29.0 Å². The molecule has 26 heavy (non-hydrogen) atoms. The van der Waals surface area contributed by atoms with Crippen LogP contribution < -0.4 is 9.64 Å². The lowest BCUT2D eigenvalue weighted by molar-refractivity contribution is 0.0951. The quantitative estimate of drug-likeness (QED) is 0.721. The number of benzene rings is 1. The Kier molecular flexibility index (Phi) is 4.39. The molecule has 0 atom stereocenters. The fourth-order valence-corrected chi connectivity index (χ4v) is 3.30. The first-order chi connectivity index (χ1) is 12.8. The van der Waals surface area contributed by atoms with Crippen molar-refractivity contribution in [1.82, 2.24) is 10.1 Å². The van der Waals surface area contributed by atoms with Crippen molar-refractivity contribution in [3.8, 4) is 17.1 Å². The zero-order valence-corrected chi connectivity index (χ0v) is 14.5. The number of pyridine rings is 1. The molecule has 1 aliphatic rings. The molecule has 132 valence electrons. The Hall–Kier alpha value is -3.15. The zero-order valence-electron chi connectivity index (χ0n) is 14.5. The summed E-state index contributed by atoms with van der Waals surface area (Å²) in [4.78, 5) is 19.1. The minimum absolute atomic E-state index is 0.198. The predicted octanol–water partition coefficient (Wildman–Crippen LogP) is 3.73. The van der Waals surface area contributed by atoms with Gasteiger partial charge in [0.2, 0.25) is 5.76 Å². The summed E-state index contributed by atoms with van der Waals surface area (Å²) in [6.45, 7) is 0.638. The van der Waals surface area contributed by atoms with E-state index >= 15 is 0 Å². The van der Waals surface area contributed by atoms with Crippen molar-refractivity contribution in [2.75, 3.05) is 18.6 Å². The van der Waals surface area contributed by atoms with Gasteiger partial charge in [0.15, 0.2) is 0 Å². The van der Waals surface area contributed by atoms with E-state index in [-0.39, 0.29) is 11.7 Å². The Bertz CT molecular complexity index is 921. The van der Waals surface area contributed by atoms with Crippen LogP contribution >= 0.6 is 0 Å². The van der Waals surface area contributed by atoms with E-state index in [9.17, 15) is 4.79 Å². The third-order valence-electron chi connectivity index (χ3n) is 4.57. The van der Waals surface area contributed by atoms with E-state index in [0.717, 1.165) is 36.3 Å². The third-order valence-corrected chi connectivity index (χ3v) is 4.57. The largest absolute Gasteiger partial charge is 0.496 e. The van der Waals surface area contributed by atoms with Crippen molar-refractivity contribution in [3.63, 3.8) is 0 Å². The standard InChI is InChI=1S/C20H19N3O3/c1-25-18-10-6-9-17-14(18)7-3-5-12-23(17)20(24)19-13-16(22-26-19)15-8-2-4-11-21-15/h2,4,6,8-11,13H,3,5,7,12H2,1H3. The highest BCUT2D eigenvalue weighted by Gasteiger charge is 2.27. The molecular formula is C20H19N3O3. The van der Waals surface area contributed by atoms with Crippen LogP contribution in [0, 0.1) is 0 Å². The molecule has 1 aromatic carbocycles. The maximum Gasteiger partial charge on any atom is 0.296 e. The first-order valence-corrected chi connectivity index (χ1v) is 8.64. The molecular weight excluding hydrogens is 330 g/mol. The second-order valence-electron chi connectivity index (χ2n) is 6.16. The summed E-state index contributed by atoms with van der Waals surface area (Å²) in [7, 11) is 1.66. The smallest absolute Gasteiger partial charge is 0.296 e. The summed E-state index contributed by atoms with van der Waals surface area (Å²) < 4.78 is 10.8. The van der Waals surface area contributed by atoms with Crippen LogP contribution in [0.3, 0.4) is 0 Å². The number of rotatable bonds is 3. The summed E-state index contributed by atoms with van der Waals surface area (Å²) in [5, 5.41) is 4.01. The van der Waals surface area contributed by atoms with Gasteiger partial charge in [-0.15, -0.1) is 0 Å². The highest BCUT2D eigenvalue weighted by Crippen LogP contribution is 2.34. The van der Waals surface area contributed by atoms with Gasteiger partial charge in [0.1, 0.15) is 11.4 Å². The van der Waals surface area contributed by atoms with Crippen LogP contribution in [0.5, 0.6) is 5.75 Å². The molecule has 4 rings (SSSR count). The Morgan fingerprint density at radius 3 is 2.88 bits per heavy atom. The molecule has 2 aromatic heterocycles. The number of hydrogen-bond acceptors (Lipinski definition) is 5. The number of ether oxygens (including phenoxy) is 1. The van der Waals surface area contributed by atoms with Gasteiger partial charge in [0.25, 0.3) is 5.91 Å². The van der Waals surface area contributed by atoms with E-state index in [1.54, 1.807) is 24.3 Å². The predicted molar refractivity (Wildman–Crippen MR) is 97.3 cm³/mol. The second-order valence-corrected chi connectivity index (χ2v) is 6.16. The van der Waals surface area contributed by atoms with Gasteiger partial charge in [-0.2, -0.15) is 0 Å². The van der Waals surface area contributed by atoms with Gasteiger partial charge in [0, 0.05) is 24.4 Å². The fourth-order valence-electron chi connectivity index (χ4n) is 3.30. The average molecular weight is 349 g/mol. The minimum Gasteiger partial charge on any atom is -0.496 e. The summed E-state index contributed by atoms with van der Waals surface area (Å²) in [6.07, 6.45) is 4.50. The maximum atomic E-state index is 13.1. The number of carbonyl (C=O) groups is 1. The number of carbonyl (C=O) groups excluding carboxylic acids is 1. The highest BCUT2D eigenvalue weighted by atomic mass is 16.5. The number of fused-ring (bicyclic) bond motifs is 1. The molecule has 0 fully saturated rings. The molecule has 0 unspecified atom stereocenters. The van der Waals surface area contributed by atoms with Crippen LogP contribution in [0.15, 0.2) is 53.2 Å². The normalized spacial score (nSPS) is 13.8. The lowest BCUT2D eigenvalue weighted by Crippen LogP contribution is -2.31. The number of amides is 1. The third kappa shape index (κ3) is 2.94. The molecule has 1 amide bonds. The lowest BCUT2D eigenvalue weighted by atomic mass is 10.1. The molecule has 0 bridgehead atoms. The van der Waals surface area contributed by atoms with E-state index < -0.39 is 0 Å². The van der Waals surface area contributed by atoms with Gasteiger partial charge < -0.3 is 14.2 Å². The fraction of sp³-hybridized carbons (Fsp3) is 0.250. The maximum absolute atomic E-state index is 13.1. The molecule has 0 saturated carbocycles. The Morgan fingerprint density at radius 1 is 1.15 bits per heavy atom. The van der Waals surface area contributed by atoms with Crippen LogP contribution in [-0.2, 0) is 6.42 Å². The topological polar surface area (TPSA) is 68.5 Å². The average Bonchev–Trinajstić information content (AvgIpc) is 3.08. The molecule has 3 aromatic rings. The van der Waals surface area contributed by atoms with Crippen molar-refractivity contribution in [3.05, 3.63) is 60.0 Å². The van der Waals surface area contributed by atoms with Crippen LogP contribution in [0.2, 0.25) is 0 Å². The van der Waals surface area contributed by atoms with Gasteiger partial charge in [-0.05, 0) is 43.5 Å². The first kappa shape index (κ1) is 16.3. The molecule has 1 aliphatic heterocycles. The van der Waals surface area contributed by atoms with Crippen molar-refractivity contribution in [1.29, 1.82) is 0 Å². The van der Waals surface area contributed by atoms with Gasteiger partial charge in [-0.1, -0.05) is 17.3 Å². The van der Waals surface area contributed by atoms with Crippen molar-refractivity contribution in [2.45, 2.75) is 19.3 Å². The van der Waals surface area contributed by atoms with Gasteiger partial charge in [-0.25, -0.2) is 0 Å². The number of methoxy groups -OCH3 is 1. The minimum atomic E-state index is -0.198. The first-order valence-electron chi connectivity index (χ1n) is 8.64. The molecule has 6 heteroatoms. The summed E-state index contributed by atoms with van der Waals surface area (Å²) in [6, 6.07) is 13.0. The number of anilines is 1. The monoisotopic (exact) mass is 349 g/mol. The lowest BCUT2D eigenvalue weighted by Gasteiger charge is -2.22. The molecule has 0 radical (unpaired) electrons. The SMILES string of the molecule is COc1cccc2c1CCCCN2C(=O)c1cc(-c2ccccn2)no1. The van der Waals surface area contributed by atoms with E-state index in [1.165, 1.54) is 0 Å². The van der Waals surface area contributed by atoms with E-state index in [1.807, 2.05) is 36.4 Å². The van der Waals surface area contributed by atoms with Crippen LogP contribution in [-0.4, -0.2) is 29.7 Å². The molecule has 0 N–H and O–H groups in total. The van der Waals surface area contributed by atoms with Crippen molar-refractivity contribution in [2.24, 2.45) is 0 Å². The van der Waals surface area contributed by atoms with Gasteiger partial charge in [0.05, 0.1) is 18.5 Å².